The Labute approximate surface area is 142 Å². The van der Waals surface area contributed by atoms with Crippen molar-refractivity contribution in [2.75, 3.05) is 11.9 Å². The molecule has 0 saturated carbocycles. The first kappa shape index (κ1) is 17.6. The number of benzene rings is 1. The van der Waals surface area contributed by atoms with Crippen LogP contribution in [0.15, 0.2) is 24.3 Å². The molecule has 0 spiro atoms. The van der Waals surface area contributed by atoms with Gasteiger partial charge in [-0.3, -0.25) is 14.9 Å². The van der Waals surface area contributed by atoms with E-state index in [0.717, 1.165) is 11.3 Å². The summed E-state index contributed by atoms with van der Waals surface area (Å²) in [6, 6.07) is 5.94. The number of carbonyl (C=O) groups excluding carboxylic acids is 2. The van der Waals surface area contributed by atoms with Crippen LogP contribution in [0.5, 0.6) is 0 Å². The number of hydrogen-bond donors (Lipinski definition) is 1. The number of anilines is 1. The van der Waals surface area contributed by atoms with Crippen LogP contribution in [0.25, 0.3) is 0 Å². The molecule has 126 valence electrons. The molecule has 2 rings (SSSR count). The SMILES string of the molecule is CCOC(=O)c1sc(NC(=O)c2ccc(C)c([N+](=O)[O-])c2)cc1C. The smallest absolute Gasteiger partial charge is 0.348 e. The number of nitro benzene ring substituents is 1. The van der Waals surface area contributed by atoms with Crippen LogP contribution in [0.1, 0.15) is 38.1 Å². The second kappa shape index (κ2) is 7.22. The van der Waals surface area contributed by atoms with Gasteiger partial charge in [0.05, 0.1) is 16.5 Å². The summed E-state index contributed by atoms with van der Waals surface area (Å²) in [4.78, 5) is 34.9. The molecule has 7 nitrogen and oxygen atoms in total. The van der Waals surface area contributed by atoms with Crippen LogP contribution in [0, 0.1) is 24.0 Å². The predicted molar refractivity (Wildman–Crippen MR) is 90.8 cm³/mol. The summed E-state index contributed by atoms with van der Waals surface area (Å²) in [5.74, 6) is -0.916. The quantitative estimate of drug-likeness (QED) is 0.504. The maximum absolute atomic E-state index is 12.3. The largest absolute Gasteiger partial charge is 0.462 e. The van der Waals surface area contributed by atoms with Crippen molar-refractivity contribution in [2.45, 2.75) is 20.8 Å². The average molecular weight is 348 g/mol. The standard InChI is InChI=1S/C16H16N2O5S/c1-4-23-16(20)14-10(3)7-13(24-14)17-15(19)11-6-5-9(2)12(8-11)18(21)22/h5-8H,4H2,1-3H3,(H,17,19). The Hall–Kier alpha value is -2.74. The molecule has 24 heavy (non-hydrogen) atoms. The molecule has 1 N–H and O–H groups in total. The Bertz CT molecular complexity index is 813. The van der Waals surface area contributed by atoms with Crippen LogP contribution in [0.3, 0.4) is 0 Å². The van der Waals surface area contributed by atoms with Crippen LogP contribution in [-0.2, 0) is 4.74 Å². The van der Waals surface area contributed by atoms with E-state index in [-0.39, 0.29) is 17.9 Å². The second-order valence-electron chi connectivity index (χ2n) is 5.06. The van der Waals surface area contributed by atoms with E-state index in [2.05, 4.69) is 5.32 Å². The molecule has 0 unspecified atom stereocenters. The lowest BCUT2D eigenvalue weighted by Gasteiger charge is -2.04. The molecule has 0 saturated heterocycles. The van der Waals surface area contributed by atoms with Crippen LogP contribution in [0.4, 0.5) is 10.7 Å². The molecule has 1 amide bonds. The minimum absolute atomic E-state index is 0.114. The molecular weight excluding hydrogens is 332 g/mol. The minimum Gasteiger partial charge on any atom is -0.462 e. The van der Waals surface area contributed by atoms with E-state index >= 15 is 0 Å². The van der Waals surface area contributed by atoms with Gasteiger partial charge in [-0.15, -0.1) is 11.3 Å². The van der Waals surface area contributed by atoms with Gasteiger partial charge in [0.1, 0.15) is 4.88 Å². The molecule has 1 heterocycles. The molecule has 0 aliphatic rings. The number of nitro groups is 1. The fraction of sp³-hybridized carbons (Fsp3) is 0.250. The lowest BCUT2D eigenvalue weighted by atomic mass is 10.1. The summed E-state index contributed by atoms with van der Waals surface area (Å²) in [6.45, 7) is 5.34. The molecule has 0 bridgehead atoms. The number of nitrogens with one attached hydrogen (secondary N) is 1. The molecule has 0 atom stereocenters. The number of rotatable bonds is 5. The van der Waals surface area contributed by atoms with Gasteiger partial charge in [-0.2, -0.15) is 0 Å². The summed E-state index contributed by atoms with van der Waals surface area (Å²) in [6.07, 6.45) is 0. The molecule has 0 aliphatic carbocycles. The summed E-state index contributed by atoms with van der Waals surface area (Å²) >= 11 is 1.10. The van der Waals surface area contributed by atoms with Crippen molar-refractivity contribution >= 4 is 33.9 Å². The summed E-state index contributed by atoms with van der Waals surface area (Å²) < 4.78 is 4.95. The number of carbonyl (C=O) groups is 2. The third-order valence-electron chi connectivity index (χ3n) is 3.28. The van der Waals surface area contributed by atoms with Crippen LogP contribution in [-0.4, -0.2) is 23.4 Å². The van der Waals surface area contributed by atoms with E-state index in [1.807, 2.05) is 0 Å². The number of amides is 1. The van der Waals surface area contributed by atoms with Crippen molar-refractivity contribution in [2.24, 2.45) is 0 Å². The Morgan fingerprint density at radius 3 is 2.58 bits per heavy atom. The number of esters is 1. The van der Waals surface area contributed by atoms with E-state index in [1.54, 1.807) is 26.8 Å². The van der Waals surface area contributed by atoms with Gasteiger partial charge in [0.25, 0.3) is 11.6 Å². The molecule has 8 heteroatoms. The summed E-state index contributed by atoms with van der Waals surface area (Å²) in [5, 5.41) is 14.1. The third-order valence-corrected chi connectivity index (χ3v) is 4.42. The highest BCUT2D eigenvalue weighted by Crippen LogP contribution is 2.28. The monoisotopic (exact) mass is 348 g/mol. The van der Waals surface area contributed by atoms with Gasteiger partial charge >= 0.3 is 5.97 Å². The fourth-order valence-electron chi connectivity index (χ4n) is 2.07. The number of thiophene rings is 1. The van der Waals surface area contributed by atoms with Crippen molar-refractivity contribution in [3.8, 4) is 0 Å². The van der Waals surface area contributed by atoms with Crippen LogP contribution >= 0.6 is 11.3 Å². The highest BCUT2D eigenvalue weighted by molar-refractivity contribution is 7.18. The molecule has 0 radical (unpaired) electrons. The number of ether oxygens (including phenoxy) is 1. The maximum Gasteiger partial charge on any atom is 0.348 e. The Balaban J connectivity index is 2.21. The average Bonchev–Trinajstić information content (AvgIpc) is 2.88. The molecular formula is C16H16N2O5S. The van der Waals surface area contributed by atoms with Gasteiger partial charge < -0.3 is 10.1 Å². The summed E-state index contributed by atoms with van der Waals surface area (Å²) in [5.41, 5.74) is 1.24. The lowest BCUT2D eigenvalue weighted by molar-refractivity contribution is -0.385. The zero-order chi connectivity index (χ0) is 17.9. The van der Waals surface area contributed by atoms with Crippen LogP contribution < -0.4 is 5.32 Å². The van der Waals surface area contributed by atoms with E-state index in [1.165, 1.54) is 18.2 Å². The predicted octanol–water partition coefficient (Wildman–Crippen LogP) is 3.70. The zero-order valence-corrected chi connectivity index (χ0v) is 14.2. The van der Waals surface area contributed by atoms with Gasteiger partial charge in [0.15, 0.2) is 0 Å². The first-order chi connectivity index (χ1) is 11.3. The Kier molecular flexibility index (Phi) is 5.30. The summed E-state index contributed by atoms with van der Waals surface area (Å²) in [7, 11) is 0. The Morgan fingerprint density at radius 2 is 1.96 bits per heavy atom. The second-order valence-corrected chi connectivity index (χ2v) is 6.11. The fourth-order valence-corrected chi connectivity index (χ4v) is 3.04. The van der Waals surface area contributed by atoms with Crippen molar-refractivity contribution in [1.29, 1.82) is 0 Å². The van der Waals surface area contributed by atoms with Crippen molar-refractivity contribution < 1.29 is 19.2 Å². The number of aryl methyl sites for hydroxylation is 2. The van der Waals surface area contributed by atoms with Crippen molar-refractivity contribution in [3.63, 3.8) is 0 Å². The van der Waals surface area contributed by atoms with Crippen molar-refractivity contribution in [1.82, 2.24) is 0 Å². The molecule has 1 aromatic carbocycles. The molecule has 0 fully saturated rings. The van der Waals surface area contributed by atoms with Gasteiger partial charge in [0, 0.05) is 17.2 Å². The van der Waals surface area contributed by atoms with Crippen LogP contribution in [0.2, 0.25) is 0 Å². The van der Waals surface area contributed by atoms with Gasteiger partial charge in [0.2, 0.25) is 0 Å². The highest BCUT2D eigenvalue weighted by Gasteiger charge is 2.18. The lowest BCUT2D eigenvalue weighted by Crippen LogP contribution is -2.11. The van der Waals surface area contributed by atoms with Gasteiger partial charge in [-0.1, -0.05) is 6.07 Å². The van der Waals surface area contributed by atoms with Crippen molar-refractivity contribution in [3.05, 3.63) is 55.9 Å². The Morgan fingerprint density at radius 1 is 1.25 bits per heavy atom. The molecule has 0 aliphatic heterocycles. The normalized spacial score (nSPS) is 10.3. The van der Waals surface area contributed by atoms with E-state index in [9.17, 15) is 19.7 Å². The van der Waals surface area contributed by atoms with E-state index in [0.29, 0.717) is 21.0 Å². The zero-order valence-electron chi connectivity index (χ0n) is 13.4. The third kappa shape index (κ3) is 3.77. The van der Waals surface area contributed by atoms with E-state index < -0.39 is 16.8 Å². The maximum atomic E-state index is 12.3. The van der Waals surface area contributed by atoms with Gasteiger partial charge in [-0.05, 0) is 38.5 Å². The van der Waals surface area contributed by atoms with E-state index in [4.69, 9.17) is 4.74 Å². The number of nitrogens with zero attached hydrogens (tertiary/aromatic N) is 1. The van der Waals surface area contributed by atoms with Gasteiger partial charge in [-0.25, -0.2) is 4.79 Å². The first-order valence-corrected chi connectivity index (χ1v) is 7.99. The topological polar surface area (TPSA) is 98.5 Å². The first-order valence-electron chi connectivity index (χ1n) is 7.17. The minimum atomic E-state index is -0.528. The number of hydrogen-bond acceptors (Lipinski definition) is 6. The highest BCUT2D eigenvalue weighted by atomic mass is 32.1. The molecule has 1 aromatic heterocycles. The molecule has 2 aromatic rings.